The van der Waals surface area contributed by atoms with E-state index in [2.05, 4.69) is 0 Å². The van der Waals surface area contributed by atoms with Crippen molar-refractivity contribution in [3.8, 4) is 0 Å². The van der Waals surface area contributed by atoms with E-state index in [1.807, 2.05) is 0 Å². The van der Waals surface area contributed by atoms with Gasteiger partial charge in [0.2, 0.25) is 0 Å². The predicted molar refractivity (Wildman–Crippen MR) is 49.0 cm³/mol. The maximum Gasteiger partial charge on any atom is 0.390 e. The first kappa shape index (κ1) is 13.2. The van der Waals surface area contributed by atoms with Crippen LogP contribution >= 0.6 is 11.6 Å². The number of hydrogen-bond acceptors (Lipinski definition) is 1. The minimum absolute atomic E-state index is 0.464. The summed E-state index contributed by atoms with van der Waals surface area (Å²) in [6.07, 6.45) is -6.11. The predicted octanol–water partition coefficient (Wildman–Crippen LogP) is 3.57. The number of halogens is 6. The van der Waals surface area contributed by atoms with Crippen LogP contribution in [0.15, 0.2) is 12.1 Å². The molecule has 1 rings (SSSR count). The van der Waals surface area contributed by atoms with Gasteiger partial charge in [0.05, 0.1) is 11.4 Å². The van der Waals surface area contributed by atoms with Crippen LogP contribution in [0.4, 0.5) is 22.0 Å². The van der Waals surface area contributed by atoms with Crippen LogP contribution in [0.25, 0.3) is 0 Å². The van der Waals surface area contributed by atoms with E-state index in [1.165, 1.54) is 0 Å². The summed E-state index contributed by atoms with van der Waals surface area (Å²) in [5.41, 5.74) is 4.25. The van der Waals surface area contributed by atoms with Crippen LogP contribution in [-0.4, -0.2) is 6.18 Å². The highest BCUT2D eigenvalue weighted by molar-refractivity contribution is 6.30. The minimum atomic E-state index is -4.60. The van der Waals surface area contributed by atoms with Gasteiger partial charge in [-0.25, -0.2) is 8.78 Å². The highest BCUT2D eigenvalue weighted by Crippen LogP contribution is 2.32. The largest absolute Gasteiger partial charge is 0.390 e. The molecule has 2 N–H and O–H groups in total. The van der Waals surface area contributed by atoms with E-state index in [9.17, 15) is 22.0 Å². The Balaban J connectivity index is 3.08. The zero-order valence-corrected chi connectivity index (χ0v) is 8.54. The van der Waals surface area contributed by atoms with Crippen molar-refractivity contribution in [2.45, 2.75) is 18.6 Å². The van der Waals surface area contributed by atoms with Gasteiger partial charge in [-0.2, -0.15) is 13.2 Å². The highest BCUT2D eigenvalue weighted by atomic mass is 35.5. The first-order chi connectivity index (χ1) is 7.22. The Bertz CT molecular complexity index is 390. The number of alkyl halides is 3. The molecule has 1 nitrogen and oxygen atoms in total. The van der Waals surface area contributed by atoms with Crippen LogP contribution in [-0.2, 0) is 0 Å². The summed E-state index contributed by atoms with van der Waals surface area (Å²) in [6, 6.07) is -0.119. The van der Waals surface area contributed by atoms with Crippen molar-refractivity contribution in [3.05, 3.63) is 34.4 Å². The molecule has 0 aliphatic carbocycles. The van der Waals surface area contributed by atoms with E-state index in [-0.39, 0.29) is 0 Å². The van der Waals surface area contributed by atoms with E-state index in [0.717, 1.165) is 12.1 Å². The summed E-state index contributed by atoms with van der Waals surface area (Å²) in [5.74, 6) is -2.39. The van der Waals surface area contributed by atoms with Gasteiger partial charge < -0.3 is 5.73 Å². The van der Waals surface area contributed by atoms with E-state index >= 15 is 0 Å². The van der Waals surface area contributed by atoms with E-state index in [4.69, 9.17) is 17.3 Å². The van der Waals surface area contributed by atoms with Crippen molar-refractivity contribution in [1.29, 1.82) is 0 Å². The summed E-state index contributed by atoms with van der Waals surface area (Å²) in [7, 11) is 0. The lowest BCUT2D eigenvalue weighted by molar-refractivity contribution is -0.138. The van der Waals surface area contributed by atoms with Crippen molar-refractivity contribution in [2.75, 3.05) is 0 Å². The third kappa shape index (κ3) is 3.05. The van der Waals surface area contributed by atoms with E-state index in [1.54, 1.807) is 0 Å². The Labute approximate surface area is 93.0 Å². The smallest absolute Gasteiger partial charge is 0.323 e. The van der Waals surface area contributed by atoms with Crippen LogP contribution in [0.5, 0.6) is 0 Å². The van der Waals surface area contributed by atoms with Crippen LogP contribution in [0.3, 0.4) is 0 Å². The van der Waals surface area contributed by atoms with Gasteiger partial charge in [0.25, 0.3) is 0 Å². The summed E-state index contributed by atoms with van der Waals surface area (Å²) in [5, 5.41) is -0.464. The Morgan fingerprint density at radius 1 is 1.25 bits per heavy atom. The van der Waals surface area contributed by atoms with Crippen LogP contribution in [0, 0.1) is 11.6 Å². The molecular formula is C9H7ClF5N. The van der Waals surface area contributed by atoms with Crippen molar-refractivity contribution >= 4 is 11.6 Å². The van der Waals surface area contributed by atoms with Crippen molar-refractivity contribution in [3.63, 3.8) is 0 Å². The maximum absolute atomic E-state index is 13.3. The Morgan fingerprint density at radius 3 is 2.31 bits per heavy atom. The monoisotopic (exact) mass is 259 g/mol. The second kappa shape index (κ2) is 4.55. The molecule has 7 heteroatoms. The minimum Gasteiger partial charge on any atom is -0.323 e. The second-order valence-corrected chi connectivity index (χ2v) is 3.59. The Morgan fingerprint density at radius 2 is 1.81 bits per heavy atom. The van der Waals surface area contributed by atoms with Gasteiger partial charge in [0.1, 0.15) is 11.6 Å². The third-order valence-electron chi connectivity index (χ3n) is 1.90. The highest BCUT2D eigenvalue weighted by Gasteiger charge is 2.33. The summed E-state index contributed by atoms with van der Waals surface area (Å²) < 4.78 is 62.4. The molecule has 0 aliphatic rings. The molecule has 1 aromatic rings. The quantitative estimate of drug-likeness (QED) is 0.638. The van der Waals surface area contributed by atoms with Crippen molar-refractivity contribution < 1.29 is 22.0 Å². The van der Waals surface area contributed by atoms with Gasteiger partial charge in [-0.3, -0.25) is 0 Å². The molecule has 1 aromatic carbocycles. The molecule has 0 aromatic heterocycles. The molecule has 1 atom stereocenters. The van der Waals surface area contributed by atoms with Crippen molar-refractivity contribution in [1.82, 2.24) is 0 Å². The molecular weight excluding hydrogens is 253 g/mol. The molecule has 0 saturated carbocycles. The topological polar surface area (TPSA) is 26.0 Å². The van der Waals surface area contributed by atoms with Gasteiger partial charge in [0.15, 0.2) is 0 Å². The zero-order chi connectivity index (χ0) is 12.5. The van der Waals surface area contributed by atoms with Crippen LogP contribution in [0.2, 0.25) is 5.02 Å². The summed E-state index contributed by atoms with van der Waals surface area (Å²) in [4.78, 5) is 0. The lowest BCUT2D eigenvalue weighted by Crippen LogP contribution is -2.22. The number of rotatable bonds is 2. The van der Waals surface area contributed by atoms with Crippen LogP contribution in [0.1, 0.15) is 18.0 Å². The first-order valence-electron chi connectivity index (χ1n) is 4.18. The van der Waals surface area contributed by atoms with E-state index in [0.29, 0.717) is 0 Å². The maximum atomic E-state index is 13.3. The average molecular weight is 260 g/mol. The fourth-order valence-electron chi connectivity index (χ4n) is 1.23. The summed E-state index contributed by atoms with van der Waals surface area (Å²) >= 11 is 5.32. The summed E-state index contributed by atoms with van der Waals surface area (Å²) in [6.45, 7) is 0. The lowest BCUT2D eigenvalue weighted by atomic mass is 10.0. The molecule has 90 valence electrons. The van der Waals surface area contributed by atoms with E-state index < -0.39 is 40.9 Å². The number of benzene rings is 1. The second-order valence-electron chi connectivity index (χ2n) is 3.18. The molecule has 0 heterocycles. The van der Waals surface area contributed by atoms with Gasteiger partial charge in [-0.05, 0) is 12.1 Å². The van der Waals surface area contributed by atoms with Gasteiger partial charge in [-0.15, -0.1) is 0 Å². The molecule has 0 spiro atoms. The fourth-order valence-corrected chi connectivity index (χ4v) is 1.40. The van der Waals surface area contributed by atoms with Gasteiger partial charge in [-0.1, -0.05) is 11.6 Å². The first-order valence-corrected chi connectivity index (χ1v) is 4.56. The molecule has 0 aliphatic heterocycles. The number of nitrogens with two attached hydrogens (primary N) is 1. The van der Waals surface area contributed by atoms with Crippen molar-refractivity contribution in [2.24, 2.45) is 5.73 Å². The normalized spacial score (nSPS) is 13.9. The lowest BCUT2D eigenvalue weighted by Gasteiger charge is -2.16. The van der Waals surface area contributed by atoms with Crippen LogP contribution < -0.4 is 5.73 Å². The average Bonchev–Trinajstić information content (AvgIpc) is 2.09. The molecule has 0 bridgehead atoms. The zero-order valence-electron chi connectivity index (χ0n) is 7.78. The molecule has 0 radical (unpaired) electrons. The standard InChI is InChI=1S/C9H7ClF5N/c10-4-1-2-5(11)7(8(4)12)6(16)3-9(13,14)15/h1-2,6H,3,16H2/t6-/m0/s1. The SMILES string of the molecule is N[C@@H](CC(F)(F)F)c1c(F)ccc(Cl)c1F. The molecule has 0 saturated heterocycles. The Hall–Kier alpha value is -0.880. The molecule has 0 unspecified atom stereocenters. The number of hydrogen-bond donors (Lipinski definition) is 1. The molecule has 16 heavy (non-hydrogen) atoms. The Kier molecular flexibility index (Phi) is 3.75. The molecule has 0 fully saturated rings. The molecule has 0 amide bonds. The van der Waals surface area contributed by atoms with Gasteiger partial charge >= 0.3 is 6.18 Å². The fraction of sp³-hybridized carbons (Fsp3) is 0.333. The van der Waals surface area contributed by atoms with Gasteiger partial charge in [0, 0.05) is 11.6 Å². The third-order valence-corrected chi connectivity index (χ3v) is 2.19.